The fourth-order valence-electron chi connectivity index (χ4n) is 2.23. The summed E-state index contributed by atoms with van der Waals surface area (Å²) in [7, 11) is 0. The second kappa shape index (κ2) is 4.76. The Labute approximate surface area is 112 Å². The van der Waals surface area contributed by atoms with Gasteiger partial charge < -0.3 is 10.1 Å². The predicted octanol–water partition coefficient (Wildman–Crippen LogP) is 2.86. The summed E-state index contributed by atoms with van der Waals surface area (Å²) in [5.41, 5.74) is 2.86. The minimum atomic E-state index is -0.0648. The fraction of sp³-hybridized carbons (Fsp3) is 0.188. The third-order valence-electron chi connectivity index (χ3n) is 3.32. The maximum atomic E-state index is 12.2. The minimum Gasteiger partial charge on any atom is -0.491 e. The maximum Gasteiger partial charge on any atom is 0.251 e. The van der Waals surface area contributed by atoms with Crippen molar-refractivity contribution in [1.29, 1.82) is 0 Å². The van der Waals surface area contributed by atoms with Crippen molar-refractivity contribution in [1.82, 2.24) is 5.32 Å². The third kappa shape index (κ3) is 2.32. The van der Waals surface area contributed by atoms with E-state index < -0.39 is 0 Å². The van der Waals surface area contributed by atoms with Gasteiger partial charge in [-0.05, 0) is 25.1 Å². The number of para-hydroxylation sites is 1. The van der Waals surface area contributed by atoms with Crippen molar-refractivity contribution >= 4 is 5.91 Å². The lowest BCUT2D eigenvalue weighted by molar-refractivity contribution is 0.0930. The smallest absolute Gasteiger partial charge is 0.251 e. The summed E-state index contributed by atoms with van der Waals surface area (Å²) in [5, 5.41) is 3.01. The molecule has 3 nitrogen and oxygen atoms in total. The van der Waals surface area contributed by atoms with Gasteiger partial charge in [0.15, 0.2) is 0 Å². The summed E-state index contributed by atoms with van der Waals surface area (Å²) in [6, 6.07) is 15.3. The molecule has 1 aliphatic heterocycles. The normalized spacial score (nSPS) is 16.6. The molecule has 0 bridgehead atoms. The quantitative estimate of drug-likeness (QED) is 0.893. The molecule has 96 valence electrons. The van der Waals surface area contributed by atoms with Gasteiger partial charge in [0, 0.05) is 11.1 Å². The van der Waals surface area contributed by atoms with E-state index in [1.165, 1.54) is 0 Å². The second-order valence-corrected chi connectivity index (χ2v) is 4.74. The standard InChI is InChI=1S/C16H15NO2/c1-11-6-8-12(9-7-11)16(18)17-14-10-19-15-5-3-2-4-13(14)15/h2-9,14H,10H2,1H3,(H,17,18). The molecular formula is C16H15NO2. The van der Waals surface area contributed by atoms with Gasteiger partial charge in [-0.15, -0.1) is 0 Å². The van der Waals surface area contributed by atoms with E-state index in [4.69, 9.17) is 4.74 Å². The number of amides is 1. The van der Waals surface area contributed by atoms with Crippen LogP contribution in [-0.2, 0) is 0 Å². The summed E-state index contributed by atoms with van der Waals surface area (Å²) in [6.07, 6.45) is 0. The van der Waals surface area contributed by atoms with E-state index in [9.17, 15) is 4.79 Å². The molecule has 1 aliphatic rings. The van der Waals surface area contributed by atoms with Crippen molar-refractivity contribution in [2.24, 2.45) is 0 Å². The largest absolute Gasteiger partial charge is 0.491 e. The zero-order valence-corrected chi connectivity index (χ0v) is 10.7. The van der Waals surface area contributed by atoms with E-state index >= 15 is 0 Å². The monoisotopic (exact) mass is 253 g/mol. The van der Waals surface area contributed by atoms with Gasteiger partial charge in [-0.2, -0.15) is 0 Å². The number of rotatable bonds is 2. The molecule has 3 rings (SSSR count). The first-order valence-electron chi connectivity index (χ1n) is 6.33. The summed E-state index contributed by atoms with van der Waals surface area (Å²) in [4.78, 5) is 12.2. The van der Waals surface area contributed by atoms with Gasteiger partial charge in [-0.25, -0.2) is 0 Å². The highest BCUT2D eigenvalue weighted by molar-refractivity contribution is 5.94. The molecule has 0 saturated carbocycles. The SMILES string of the molecule is Cc1ccc(C(=O)NC2COc3ccccc32)cc1. The van der Waals surface area contributed by atoms with Crippen molar-refractivity contribution in [3.8, 4) is 5.75 Å². The fourth-order valence-corrected chi connectivity index (χ4v) is 2.23. The van der Waals surface area contributed by atoms with Crippen molar-refractivity contribution in [3.05, 3.63) is 65.2 Å². The van der Waals surface area contributed by atoms with Gasteiger partial charge in [0.1, 0.15) is 12.4 Å². The van der Waals surface area contributed by atoms with Crippen LogP contribution in [0.4, 0.5) is 0 Å². The second-order valence-electron chi connectivity index (χ2n) is 4.74. The number of hydrogen-bond donors (Lipinski definition) is 1. The summed E-state index contributed by atoms with van der Waals surface area (Å²) in [5.74, 6) is 0.794. The van der Waals surface area contributed by atoms with Crippen LogP contribution in [0.3, 0.4) is 0 Å². The summed E-state index contributed by atoms with van der Waals surface area (Å²) in [6.45, 7) is 2.50. The lowest BCUT2D eigenvalue weighted by atomic mass is 10.1. The topological polar surface area (TPSA) is 38.3 Å². The predicted molar refractivity (Wildman–Crippen MR) is 73.3 cm³/mol. The van der Waals surface area contributed by atoms with Crippen molar-refractivity contribution in [3.63, 3.8) is 0 Å². The van der Waals surface area contributed by atoms with Gasteiger partial charge in [0.25, 0.3) is 5.91 Å². The number of hydrogen-bond acceptors (Lipinski definition) is 2. The average Bonchev–Trinajstić information content (AvgIpc) is 2.83. The molecule has 1 amide bonds. The minimum absolute atomic E-state index is 0.0645. The number of benzene rings is 2. The maximum absolute atomic E-state index is 12.2. The lowest BCUT2D eigenvalue weighted by Crippen LogP contribution is -2.29. The number of aryl methyl sites for hydroxylation is 1. The van der Waals surface area contributed by atoms with Crippen molar-refractivity contribution < 1.29 is 9.53 Å². The van der Waals surface area contributed by atoms with Gasteiger partial charge in [0.2, 0.25) is 0 Å². The van der Waals surface area contributed by atoms with Crippen LogP contribution in [0.5, 0.6) is 5.75 Å². The molecule has 0 aromatic heterocycles. The van der Waals surface area contributed by atoms with Crippen LogP contribution in [0.1, 0.15) is 27.5 Å². The molecule has 1 atom stereocenters. The Hall–Kier alpha value is -2.29. The molecule has 3 heteroatoms. The Morgan fingerprint density at radius 1 is 1.16 bits per heavy atom. The van der Waals surface area contributed by atoms with Crippen molar-refractivity contribution in [2.75, 3.05) is 6.61 Å². The first-order chi connectivity index (χ1) is 9.24. The molecule has 0 spiro atoms. The van der Waals surface area contributed by atoms with E-state index in [-0.39, 0.29) is 11.9 Å². The lowest BCUT2D eigenvalue weighted by Gasteiger charge is -2.11. The molecule has 1 unspecified atom stereocenters. The van der Waals surface area contributed by atoms with E-state index in [1.54, 1.807) is 0 Å². The molecule has 1 heterocycles. The van der Waals surface area contributed by atoms with Crippen LogP contribution in [0.25, 0.3) is 0 Å². The van der Waals surface area contributed by atoms with Crippen LogP contribution < -0.4 is 10.1 Å². The van der Waals surface area contributed by atoms with Gasteiger partial charge in [0.05, 0.1) is 6.04 Å². The van der Waals surface area contributed by atoms with Crippen LogP contribution in [0.2, 0.25) is 0 Å². The van der Waals surface area contributed by atoms with Crippen LogP contribution in [0, 0.1) is 6.92 Å². The number of nitrogens with one attached hydrogen (secondary N) is 1. The number of fused-ring (bicyclic) bond motifs is 1. The number of carbonyl (C=O) groups excluding carboxylic acids is 1. The Morgan fingerprint density at radius 2 is 1.89 bits per heavy atom. The van der Waals surface area contributed by atoms with Gasteiger partial charge in [-0.1, -0.05) is 35.9 Å². The summed E-state index contributed by atoms with van der Waals surface area (Å²) < 4.78 is 5.55. The van der Waals surface area contributed by atoms with Crippen LogP contribution in [0.15, 0.2) is 48.5 Å². The van der Waals surface area contributed by atoms with E-state index in [0.717, 1.165) is 16.9 Å². The average molecular weight is 253 g/mol. The first kappa shape index (κ1) is 11.8. The Bertz CT molecular complexity index is 604. The first-order valence-corrected chi connectivity index (χ1v) is 6.33. The van der Waals surface area contributed by atoms with Crippen LogP contribution >= 0.6 is 0 Å². The summed E-state index contributed by atoms with van der Waals surface area (Å²) >= 11 is 0. The van der Waals surface area contributed by atoms with E-state index in [2.05, 4.69) is 5.32 Å². The molecule has 1 N–H and O–H groups in total. The van der Waals surface area contributed by atoms with Crippen molar-refractivity contribution in [2.45, 2.75) is 13.0 Å². The molecule has 0 fully saturated rings. The van der Waals surface area contributed by atoms with Gasteiger partial charge >= 0.3 is 0 Å². The number of carbonyl (C=O) groups is 1. The van der Waals surface area contributed by atoms with Gasteiger partial charge in [-0.3, -0.25) is 4.79 Å². The van der Waals surface area contributed by atoms with Crippen LogP contribution in [-0.4, -0.2) is 12.5 Å². The molecule has 2 aromatic carbocycles. The molecule has 0 saturated heterocycles. The van der Waals surface area contributed by atoms with E-state index in [0.29, 0.717) is 12.2 Å². The highest BCUT2D eigenvalue weighted by atomic mass is 16.5. The molecular weight excluding hydrogens is 238 g/mol. The Morgan fingerprint density at radius 3 is 2.68 bits per heavy atom. The molecule has 0 aliphatic carbocycles. The highest BCUT2D eigenvalue weighted by Gasteiger charge is 2.25. The third-order valence-corrected chi connectivity index (χ3v) is 3.32. The molecule has 19 heavy (non-hydrogen) atoms. The zero-order valence-electron chi connectivity index (χ0n) is 10.7. The zero-order chi connectivity index (χ0) is 13.2. The Kier molecular flexibility index (Phi) is 2.95. The highest BCUT2D eigenvalue weighted by Crippen LogP contribution is 2.31. The van der Waals surface area contributed by atoms with E-state index in [1.807, 2.05) is 55.5 Å². The number of ether oxygens (including phenoxy) is 1. The molecule has 0 radical (unpaired) electrons. The molecule has 2 aromatic rings. The Balaban J connectivity index is 1.76.